The number of ether oxygens (including phenoxy) is 1. The predicted molar refractivity (Wildman–Crippen MR) is 120 cm³/mol. The van der Waals surface area contributed by atoms with Crippen LogP contribution in [0.1, 0.15) is 75.8 Å². The van der Waals surface area contributed by atoms with Crippen molar-refractivity contribution in [3.05, 3.63) is 29.3 Å². The molecule has 1 heterocycles. The van der Waals surface area contributed by atoms with Crippen LogP contribution >= 0.6 is 0 Å². The smallest absolute Gasteiger partial charge is 0.264 e. The topological polar surface area (TPSA) is 92.8 Å². The summed E-state index contributed by atoms with van der Waals surface area (Å²) in [5.74, 6) is 3.27. The Morgan fingerprint density at radius 1 is 1.16 bits per heavy atom. The number of fused-ring (bicyclic) bond motifs is 2. The number of amides is 1. The number of nitrogens with one attached hydrogen (secondary N) is 2. The Morgan fingerprint density at radius 3 is 2.87 bits per heavy atom. The van der Waals surface area contributed by atoms with Gasteiger partial charge in [-0.3, -0.25) is 10.1 Å². The Hall–Kier alpha value is -2.44. The molecule has 0 bridgehead atoms. The van der Waals surface area contributed by atoms with Crippen molar-refractivity contribution < 1.29 is 9.53 Å². The molecular weight excluding hydrogens is 390 g/mol. The Balaban J connectivity index is 1.30. The molecule has 3 atom stereocenters. The molecule has 2 aliphatic carbocycles. The first kappa shape index (κ1) is 21.8. The highest BCUT2D eigenvalue weighted by Gasteiger charge is 2.39. The lowest BCUT2D eigenvalue weighted by atomic mass is 9.73. The van der Waals surface area contributed by atoms with Gasteiger partial charge in [0, 0.05) is 0 Å². The second-order valence-corrected chi connectivity index (χ2v) is 9.21. The molecule has 0 spiro atoms. The summed E-state index contributed by atoms with van der Waals surface area (Å²) in [5, 5.41) is 15.7. The van der Waals surface area contributed by atoms with Crippen LogP contribution in [0.2, 0.25) is 0 Å². The molecule has 31 heavy (non-hydrogen) atoms. The summed E-state index contributed by atoms with van der Waals surface area (Å²) < 4.78 is 5.91. The van der Waals surface area contributed by atoms with Gasteiger partial charge in [-0.15, -0.1) is 0 Å². The number of unbranched alkanes of at least 4 members (excludes halogenated alkanes) is 5. The Morgan fingerprint density at radius 2 is 2.03 bits per heavy atom. The number of carbonyl (C=O) groups excluding carboxylic acids is 1. The van der Waals surface area contributed by atoms with Crippen LogP contribution in [0, 0.1) is 17.8 Å². The van der Waals surface area contributed by atoms with Crippen molar-refractivity contribution in [1.29, 1.82) is 0 Å². The summed E-state index contributed by atoms with van der Waals surface area (Å²) in [6.07, 6.45) is 14.6. The quantitative estimate of drug-likeness (QED) is 0.509. The number of rotatable bonds is 11. The van der Waals surface area contributed by atoms with E-state index in [2.05, 4.69) is 45.0 Å². The Kier molecular flexibility index (Phi) is 7.54. The fourth-order valence-electron chi connectivity index (χ4n) is 5.58. The van der Waals surface area contributed by atoms with E-state index in [1.54, 1.807) is 0 Å². The van der Waals surface area contributed by atoms with E-state index < -0.39 is 0 Å². The van der Waals surface area contributed by atoms with E-state index in [-0.39, 0.29) is 18.5 Å². The standard InChI is InChI=1S/C24H35N5O2/c1-2-3-4-5-6-7-9-17-12-13-19-15-21-18(14-20(17)19)10-8-11-22(21)31-16-23(30)25-24-26-28-29-27-24/h8,10-11,17,19-20H,2-7,9,12-16H2,1H3,(H2,25,26,27,28,29,30). The number of carbonyl (C=O) groups is 1. The summed E-state index contributed by atoms with van der Waals surface area (Å²) in [4.78, 5) is 12.1. The monoisotopic (exact) mass is 425 g/mol. The minimum absolute atomic E-state index is 0.0497. The van der Waals surface area contributed by atoms with Gasteiger partial charge in [-0.1, -0.05) is 69.1 Å². The van der Waals surface area contributed by atoms with Gasteiger partial charge in [-0.2, -0.15) is 0 Å². The first-order valence-corrected chi connectivity index (χ1v) is 12.0. The highest BCUT2D eigenvalue weighted by atomic mass is 16.5. The summed E-state index contributed by atoms with van der Waals surface area (Å²) >= 11 is 0. The van der Waals surface area contributed by atoms with E-state index in [0.29, 0.717) is 0 Å². The minimum Gasteiger partial charge on any atom is -0.483 e. The highest BCUT2D eigenvalue weighted by Crippen LogP contribution is 2.48. The number of benzene rings is 1. The van der Waals surface area contributed by atoms with Crippen LogP contribution in [0.25, 0.3) is 0 Å². The molecule has 2 N–H and O–H groups in total. The molecule has 7 nitrogen and oxygen atoms in total. The van der Waals surface area contributed by atoms with Gasteiger partial charge in [-0.25, -0.2) is 5.10 Å². The lowest BCUT2D eigenvalue weighted by molar-refractivity contribution is -0.118. The number of hydrogen-bond acceptors (Lipinski definition) is 5. The van der Waals surface area contributed by atoms with Crippen molar-refractivity contribution in [2.24, 2.45) is 17.8 Å². The number of H-pyrrole nitrogens is 1. The van der Waals surface area contributed by atoms with E-state index in [9.17, 15) is 4.79 Å². The third-order valence-electron chi connectivity index (χ3n) is 7.16. The molecule has 1 fully saturated rings. The molecular formula is C24H35N5O2. The fraction of sp³-hybridized carbons (Fsp3) is 0.667. The van der Waals surface area contributed by atoms with Gasteiger partial charge in [0.05, 0.1) is 0 Å². The molecule has 0 aliphatic heterocycles. The molecule has 1 aromatic carbocycles. The largest absolute Gasteiger partial charge is 0.483 e. The normalized spacial score (nSPS) is 22.0. The molecule has 3 unspecified atom stereocenters. The van der Waals surface area contributed by atoms with Crippen LogP contribution in [0.15, 0.2) is 18.2 Å². The lowest BCUT2D eigenvalue weighted by Crippen LogP contribution is -2.26. The third-order valence-corrected chi connectivity index (χ3v) is 7.16. The predicted octanol–water partition coefficient (Wildman–Crippen LogP) is 4.71. The van der Waals surface area contributed by atoms with Crippen LogP contribution < -0.4 is 10.1 Å². The number of hydrogen-bond donors (Lipinski definition) is 2. The molecule has 2 aliphatic rings. The number of anilines is 1. The van der Waals surface area contributed by atoms with Crippen LogP contribution in [0.3, 0.4) is 0 Å². The lowest BCUT2D eigenvalue weighted by Gasteiger charge is -2.32. The van der Waals surface area contributed by atoms with Crippen LogP contribution in [0.4, 0.5) is 5.95 Å². The van der Waals surface area contributed by atoms with E-state index >= 15 is 0 Å². The van der Waals surface area contributed by atoms with Crippen molar-refractivity contribution in [2.75, 3.05) is 11.9 Å². The van der Waals surface area contributed by atoms with Gasteiger partial charge in [0.2, 0.25) is 5.95 Å². The summed E-state index contributed by atoms with van der Waals surface area (Å²) in [6, 6.07) is 6.30. The van der Waals surface area contributed by atoms with Gasteiger partial charge in [0.25, 0.3) is 5.91 Å². The zero-order valence-electron chi connectivity index (χ0n) is 18.6. The van der Waals surface area contributed by atoms with Gasteiger partial charge in [0.15, 0.2) is 6.61 Å². The first-order chi connectivity index (χ1) is 15.2. The number of nitrogens with zero attached hydrogens (tertiary/aromatic N) is 3. The zero-order valence-corrected chi connectivity index (χ0v) is 18.6. The molecule has 7 heteroatoms. The molecule has 1 amide bonds. The van der Waals surface area contributed by atoms with Crippen LogP contribution in [-0.2, 0) is 17.6 Å². The van der Waals surface area contributed by atoms with Gasteiger partial charge < -0.3 is 4.74 Å². The fourth-order valence-corrected chi connectivity index (χ4v) is 5.58. The van der Waals surface area contributed by atoms with Gasteiger partial charge in [0.1, 0.15) is 5.75 Å². The van der Waals surface area contributed by atoms with Crippen molar-refractivity contribution >= 4 is 11.9 Å². The number of aromatic nitrogens is 4. The van der Waals surface area contributed by atoms with Crippen LogP contribution in [-0.4, -0.2) is 33.1 Å². The van der Waals surface area contributed by atoms with Crippen LogP contribution in [0.5, 0.6) is 5.75 Å². The highest BCUT2D eigenvalue weighted by molar-refractivity contribution is 5.90. The average molecular weight is 426 g/mol. The van der Waals surface area contributed by atoms with Crippen molar-refractivity contribution in [1.82, 2.24) is 20.6 Å². The third kappa shape index (κ3) is 5.63. The maximum Gasteiger partial charge on any atom is 0.264 e. The number of aromatic amines is 1. The van der Waals surface area contributed by atoms with E-state index in [4.69, 9.17) is 4.74 Å². The van der Waals surface area contributed by atoms with Crippen molar-refractivity contribution in [2.45, 2.75) is 77.6 Å². The first-order valence-electron chi connectivity index (χ1n) is 12.0. The molecule has 1 aromatic heterocycles. The molecule has 1 saturated carbocycles. The summed E-state index contributed by atoms with van der Waals surface area (Å²) in [6.45, 7) is 2.23. The SMILES string of the molecule is CCCCCCCCC1CCC2Cc3c(cccc3OCC(=O)Nc3nnn[nH]3)CC12. The maximum atomic E-state index is 12.1. The second-order valence-electron chi connectivity index (χ2n) is 9.21. The molecule has 0 saturated heterocycles. The Labute approximate surface area is 184 Å². The average Bonchev–Trinajstić information content (AvgIpc) is 3.43. The minimum atomic E-state index is -0.273. The van der Waals surface area contributed by atoms with Gasteiger partial charge in [-0.05, 0) is 71.1 Å². The van der Waals surface area contributed by atoms with E-state index in [0.717, 1.165) is 36.3 Å². The van der Waals surface area contributed by atoms with E-state index in [1.807, 2.05) is 6.07 Å². The number of tetrazole rings is 1. The second kappa shape index (κ2) is 10.7. The van der Waals surface area contributed by atoms with Crippen molar-refractivity contribution in [3.8, 4) is 5.75 Å². The zero-order chi connectivity index (χ0) is 21.5. The molecule has 0 radical (unpaired) electrons. The Bertz CT molecular complexity index is 839. The molecule has 2 aromatic rings. The summed E-state index contributed by atoms with van der Waals surface area (Å²) in [7, 11) is 0. The summed E-state index contributed by atoms with van der Waals surface area (Å²) in [5.41, 5.74) is 2.71. The van der Waals surface area contributed by atoms with E-state index in [1.165, 1.54) is 68.9 Å². The molecule has 168 valence electrons. The molecule has 4 rings (SSSR count). The van der Waals surface area contributed by atoms with Crippen molar-refractivity contribution in [3.63, 3.8) is 0 Å². The van der Waals surface area contributed by atoms with Gasteiger partial charge >= 0.3 is 0 Å². The maximum absolute atomic E-state index is 12.1.